The molecule has 1 heterocycles. The molecule has 0 aromatic heterocycles. The Balaban J connectivity index is 1.95. The maximum absolute atomic E-state index is 13.4. The van der Waals surface area contributed by atoms with Crippen LogP contribution in [0.3, 0.4) is 0 Å². The van der Waals surface area contributed by atoms with E-state index in [1.54, 1.807) is 31.4 Å². The Morgan fingerprint density at radius 1 is 1.08 bits per heavy atom. The number of nitrogens with zero attached hydrogens (tertiary/aromatic N) is 1. The molecule has 0 unspecified atom stereocenters. The van der Waals surface area contributed by atoms with Crippen LogP contribution in [0.1, 0.15) is 11.1 Å². The van der Waals surface area contributed by atoms with Crippen molar-refractivity contribution in [3.63, 3.8) is 0 Å². The van der Waals surface area contributed by atoms with Crippen LogP contribution in [0.5, 0.6) is 11.5 Å². The number of amidine groups is 1. The molecule has 122 valence electrons. The van der Waals surface area contributed by atoms with Gasteiger partial charge in [-0.15, -0.1) is 0 Å². The summed E-state index contributed by atoms with van der Waals surface area (Å²) >= 11 is 0. The van der Waals surface area contributed by atoms with Gasteiger partial charge in [0.05, 0.1) is 14.2 Å². The standard InChI is InChI=1S/C18H15FN2O3/c1-23-14-6-3-11(4-7-14)17-20-15(18(22)21-17)10-12-9-13(19)5-8-16(12)24-2/h3-10H,1-2H3,(H,20,21,22)/b15-10+. The van der Waals surface area contributed by atoms with Gasteiger partial charge in [0.25, 0.3) is 5.91 Å². The van der Waals surface area contributed by atoms with Crippen molar-refractivity contribution >= 4 is 17.8 Å². The van der Waals surface area contributed by atoms with Gasteiger partial charge in [-0.25, -0.2) is 9.38 Å². The molecule has 5 nitrogen and oxygen atoms in total. The van der Waals surface area contributed by atoms with Crippen molar-refractivity contribution in [1.82, 2.24) is 5.32 Å². The summed E-state index contributed by atoms with van der Waals surface area (Å²) in [6, 6.07) is 11.2. The molecule has 1 N–H and O–H groups in total. The number of hydrogen-bond donors (Lipinski definition) is 1. The van der Waals surface area contributed by atoms with E-state index in [2.05, 4.69) is 10.3 Å². The lowest BCUT2D eigenvalue weighted by Gasteiger charge is -2.04. The van der Waals surface area contributed by atoms with Crippen molar-refractivity contribution in [3.05, 3.63) is 65.1 Å². The minimum atomic E-state index is -0.416. The van der Waals surface area contributed by atoms with Crippen molar-refractivity contribution in [2.75, 3.05) is 14.2 Å². The van der Waals surface area contributed by atoms with E-state index in [1.807, 2.05) is 0 Å². The maximum atomic E-state index is 13.4. The number of hydrogen-bond acceptors (Lipinski definition) is 4. The number of halogens is 1. The van der Waals surface area contributed by atoms with Crippen LogP contribution in [-0.4, -0.2) is 26.0 Å². The number of benzene rings is 2. The fourth-order valence-corrected chi connectivity index (χ4v) is 2.32. The first-order chi connectivity index (χ1) is 11.6. The van der Waals surface area contributed by atoms with Crippen molar-refractivity contribution in [3.8, 4) is 11.5 Å². The van der Waals surface area contributed by atoms with Gasteiger partial charge in [-0.2, -0.15) is 0 Å². The number of ether oxygens (including phenoxy) is 2. The molecule has 0 saturated heterocycles. The fourth-order valence-electron chi connectivity index (χ4n) is 2.32. The first-order valence-corrected chi connectivity index (χ1v) is 7.20. The van der Waals surface area contributed by atoms with E-state index in [4.69, 9.17) is 9.47 Å². The Hall–Kier alpha value is -3.15. The molecule has 2 aromatic carbocycles. The van der Waals surface area contributed by atoms with Gasteiger partial charge in [0, 0.05) is 11.1 Å². The van der Waals surface area contributed by atoms with E-state index < -0.39 is 5.82 Å². The highest BCUT2D eigenvalue weighted by Crippen LogP contribution is 2.24. The molecule has 6 heteroatoms. The van der Waals surface area contributed by atoms with Crippen LogP contribution in [0, 0.1) is 5.82 Å². The van der Waals surface area contributed by atoms with Crippen LogP contribution in [0.15, 0.2) is 53.2 Å². The quantitative estimate of drug-likeness (QED) is 0.879. The summed E-state index contributed by atoms with van der Waals surface area (Å²) in [5.41, 5.74) is 1.38. The second-order valence-corrected chi connectivity index (χ2v) is 5.06. The Bertz CT molecular complexity index is 842. The molecule has 0 aliphatic carbocycles. The van der Waals surface area contributed by atoms with Gasteiger partial charge in [-0.05, 0) is 48.5 Å². The zero-order chi connectivity index (χ0) is 17.1. The van der Waals surface area contributed by atoms with Crippen LogP contribution >= 0.6 is 0 Å². The summed E-state index contributed by atoms with van der Waals surface area (Å²) < 4.78 is 23.7. The highest BCUT2D eigenvalue weighted by molar-refractivity contribution is 6.19. The highest BCUT2D eigenvalue weighted by Gasteiger charge is 2.21. The zero-order valence-corrected chi connectivity index (χ0v) is 13.2. The summed E-state index contributed by atoms with van der Waals surface area (Å²) in [5, 5.41) is 2.70. The first-order valence-electron chi connectivity index (χ1n) is 7.20. The van der Waals surface area contributed by atoms with Crippen LogP contribution in [0.2, 0.25) is 0 Å². The lowest BCUT2D eigenvalue weighted by atomic mass is 10.1. The molecule has 0 fully saturated rings. The van der Waals surface area contributed by atoms with E-state index in [0.717, 1.165) is 5.56 Å². The second-order valence-electron chi connectivity index (χ2n) is 5.06. The molecule has 0 saturated carbocycles. The van der Waals surface area contributed by atoms with Gasteiger partial charge in [0.2, 0.25) is 0 Å². The van der Waals surface area contributed by atoms with Crippen LogP contribution in [0.4, 0.5) is 4.39 Å². The Kier molecular flexibility index (Phi) is 4.29. The van der Waals surface area contributed by atoms with Gasteiger partial charge < -0.3 is 14.8 Å². The van der Waals surface area contributed by atoms with E-state index in [0.29, 0.717) is 22.9 Å². The summed E-state index contributed by atoms with van der Waals surface area (Å²) in [7, 11) is 3.06. The van der Waals surface area contributed by atoms with Crippen LogP contribution in [0.25, 0.3) is 6.08 Å². The number of nitrogens with one attached hydrogen (secondary N) is 1. The third kappa shape index (κ3) is 3.12. The average molecular weight is 326 g/mol. The largest absolute Gasteiger partial charge is 0.497 e. The van der Waals surface area contributed by atoms with Gasteiger partial charge in [0.1, 0.15) is 28.8 Å². The Morgan fingerprint density at radius 3 is 2.50 bits per heavy atom. The molecule has 24 heavy (non-hydrogen) atoms. The Labute approximate surface area is 138 Å². The molecule has 3 rings (SSSR count). The molecule has 1 aliphatic heterocycles. The normalized spacial score (nSPS) is 15.2. The minimum absolute atomic E-state index is 0.185. The molecule has 0 bridgehead atoms. The molecule has 1 aliphatic rings. The number of carbonyl (C=O) groups is 1. The summed E-state index contributed by atoms with van der Waals surface area (Å²) in [5.74, 6) is 0.838. The molecular weight excluding hydrogens is 311 g/mol. The second kappa shape index (κ2) is 6.54. The minimum Gasteiger partial charge on any atom is -0.497 e. The third-order valence-electron chi connectivity index (χ3n) is 3.54. The topological polar surface area (TPSA) is 59.9 Å². The molecular formula is C18H15FN2O3. The van der Waals surface area contributed by atoms with E-state index >= 15 is 0 Å². The number of amides is 1. The van der Waals surface area contributed by atoms with E-state index in [1.165, 1.54) is 31.4 Å². The number of aliphatic imine (C=N–C) groups is 1. The van der Waals surface area contributed by atoms with Crippen LogP contribution in [-0.2, 0) is 4.79 Å². The first kappa shape index (κ1) is 15.7. The monoisotopic (exact) mass is 326 g/mol. The molecule has 0 atom stereocenters. The predicted octanol–water partition coefficient (Wildman–Crippen LogP) is 2.76. The third-order valence-corrected chi connectivity index (χ3v) is 3.54. The van der Waals surface area contributed by atoms with E-state index in [9.17, 15) is 9.18 Å². The van der Waals surface area contributed by atoms with Gasteiger partial charge in [0.15, 0.2) is 0 Å². The molecule has 1 amide bonds. The lowest BCUT2D eigenvalue weighted by molar-refractivity contribution is -0.115. The number of rotatable bonds is 4. The SMILES string of the molecule is COc1ccc(C2=N/C(=C/c3cc(F)ccc3OC)C(=O)N2)cc1. The highest BCUT2D eigenvalue weighted by atomic mass is 19.1. The lowest BCUT2D eigenvalue weighted by Crippen LogP contribution is -2.24. The molecule has 0 radical (unpaired) electrons. The maximum Gasteiger partial charge on any atom is 0.275 e. The molecule has 0 spiro atoms. The molecule has 2 aromatic rings. The average Bonchev–Trinajstić information content (AvgIpc) is 2.96. The zero-order valence-electron chi connectivity index (χ0n) is 13.2. The summed E-state index contributed by atoms with van der Waals surface area (Å²) in [6.07, 6.45) is 1.49. The van der Waals surface area contributed by atoms with Crippen molar-refractivity contribution in [1.29, 1.82) is 0 Å². The summed E-state index contributed by atoms with van der Waals surface area (Å²) in [4.78, 5) is 16.4. The number of carbonyl (C=O) groups excluding carboxylic acids is 1. The van der Waals surface area contributed by atoms with Crippen LogP contribution < -0.4 is 14.8 Å². The Morgan fingerprint density at radius 2 is 1.83 bits per heavy atom. The van der Waals surface area contributed by atoms with E-state index in [-0.39, 0.29) is 11.6 Å². The van der Waals surface area contributed by atoms with Gasteiger partial charge >= 0.3 is 0 Å². The van der Waals surface area contributed by atoms with Gasteiger partial charge in [-0.1, -0.05) is 0 Å². The van der Waals surface area contributed by atoms with Crippen molar-refractivity contribution < 1.29 is 18.7 Å². The number of methoxy groups -OCH3 is 2. The summed E-state index contributed by atoms with van der Waals surface area (Å²) in [6.45, 7) is 0. The van der Waals surface area contributed by atoms with Crippen molar-refractivity contribution in [2.45, 2.75) is 0 Å². The van der Waals surface area contributed by atoms with Gasteiger partial charge in [-0.3, -0.25) is 4.79 Å². The smallest absolute Gasteiger partial charge is 0.275 e. The predicted molar refractivity (Wildman–Crippen MR) is 88.6 cm³/mol. The fraction of sp³-hybridized carbons (Fsp3) is 0.111. The van der Waals surface area contributed by atoms with Crippen molar-refractivity contribution in [2.24, 2.45) is 4.99 Å².